The second-order valence-electron chi connectivity index (χ2n) is 7.61. The Labute approximate surface area is 208 Å². The lowest BCUT2D eigenvalue weighted by Crippen LogP contribution is -2.44. The van der Waals surface area contributed by atoms with Crippen molar-refractivity contribution in [2.75, 3.05) is 25.0 Å². The summed E-state index contributed by atoms with van der Waals surface area (Å²) in [5.74, 6) is -1.62. The second kappa shape index (κ2) is 11.1. The van der Waals surface area contributed by atoms with Gasteiger partial charge in [-0.1, -0.05) is 40.9 Å². The number of anilines is 1. The van der Waals surface area contributed by atoms with Gasteiger partial charge >= 0.3 is 5.97 Å². The van der Waals surface area contributed by atoms with Crippen molar-refractivity contribution in [1.82, 2.24) is 4.31 Å². The Balaban J connectivity index is 1.66. The molecule has 1 aliphatic rings. The second-order valence-corrected chi connectivity index (χ2v) is 10.8. The number of sulfonamides is 1. The molecule has 1 aliphatic heterocycles. The first kappa shape index (κ1) is 25.8. The van der Waals surface area contributed by atoms with Gasteiger partial charge in [-0.2, -0.15) is 0 Å². The molecule has 3 rings (SSSR count). The van der Waals surface area contributed by atoms with Crippen LogP contribution in [0.15, 0.2) is 36.4 Å². The molecular weight excluding hydrogens is 511 g/mol. The third kappa shape index (κ3) is 6.61. The van der Waals surface area contributed by atoms with Crippen LogP contribution in [0.1, 0.15) is 35.7 Å². The van der Waals surface area contributed by atoms with Crippen LogP contribution in [-0.2, 0) is 25.3 Å². The standard InChI is InChI=1S/C22H23Cl3N2O5S/c1-2-32-22(29)15-6-8-20(19(25)11-15)26-21(28)16-4-3-9-27(12-16)33(30,31)13-14-5-7-17(23)18(24)10-14/h5-8,10-11,16H,2-4,9,12-13H2,1H3,(H,26,28)/t16-/m0/s1. The minimum atomic E-state index is -3.66. The third-order valence-corrected chi connectivity index (χ3v) is 8.09. The number of piperidine rings is 1. The molecule has 0 radical (unpaired) electrons. The van der Waals surface area contributed by atoms with Crippen molar-refractivity contribution in [3.63, 3.8) is 0 Å². The number of rotatable bonds is 7. The van der Waals surface area contributed by atoms with Crippen molar-refractivity contribution < 1.29 is 22.7 Å². The largest absolute Gasteiger partial charge is 0.462 e. The third-order valence-electron chi connectivity index (χ3n) is 5.22. The fraction of sp³-hybridized carbons (Fsp3) is 0.364. The maximum absolute atomic E-state index is 12.9. The van der Waals surface area contributed by atoms with E-state index >= 15 is 0 Å². The summed E-state index contributed by atoms with van der Waals surface area (Å²) in [4.78, 5) is 24.7. The monoisotopic (exact) mass is 532 g/mol. The van der Waals surface area contributed by atoms with Gasteiger partial charge in [0.1, 0.15) is 0 Å². The molecule has 0 bridgehead atoms. The summed E-state index contributed by atoms with van der Waals surface area (Å²) in [6.07, 6.45) is 1.09. The van der Waals surface area contributed by atoms with Crippen molar-refractivity contribution in [3.8, 4) is 0 Å². The van der Waals surface area contributed by atoms with E-state index in [0.717, 1.165) is 0 Å². The summed E-state index contributed by atoms with van der Waals surface area (Å²) in [6.45, 7) is 2.34. The SMILES string of the molecule is CCOC(=O)c1ccc(NC(=O)[C@H]2CCCN(S(=O)(=O)Cc3ccc(Cl)c(Cl)c3)C2)c(Cl)c1. The molecule has 0 saturated carbocycles. The Bertz CT molecular complexity index is 1160. The van der Waals surface area contributed by atoms with Gasteiger partial charge < -0.3 is 10.1 Å². The first-order valence-corrected chi connectivity index (χ1v) is 13.0. The highest BCUT2D eigenvalue weighted by atomic mass is 35.5. The quantitative estimate of drug-likeness (QED) is 0.505. The van der Waals surface area contributed by atoms with Gasteiger partial charge in [-0.15, -0.1) is 0 Å². The summed E-state index contributed by atoms with van der Waals surface area (Å²) in [7, 11) is -3.66. The van der Waals surface area contributed by atoms with Gasteiger partial charge in [-0.3, -0.25) is 4.79 Å². The molecule has 2 aromatic rings. The van der Waals surface area contributed by atoms with Crippen LogP contribution in [0.25, 0.3) is 0 Å². The zero-order chi connectivity index (χ0) is 24.2. The number of benzene rings is 2. The average Bonchev–Trinajstić information content (AvgIpc) is 2.77. The van der Waals surface area contributed by atoms with E-state index in [2.05, 4.69) is 5.32 Å². The summed E-state index contributed by atoms with van der Waals surface area (Å²) in [5, 5.41) is 3.56. The topological polar surface area (TPSA) is 92.8 Å². The molecule has 2 aromatic carbocycles. The van der Waals surface area contributed by atoms with Gasteiger partial charge in [0.05, 0.1) is 44.6 Å². The average molecular weight is 534 g/mol. The molecule has 0 unspecified atom stereocenters. The number of hydrogen-bond acceptors (Lipinski definition) is 5. The molecule has 1 heterocycles. The van der Waals surface area contributed by atoms with Crippen molar-refractivity contribution in [2.24, 2.45) is 5.92 Å². The highest BCUT2D eigenvalue weighted by molar-refractivity contribution is 7.88. The molecular formula is C22H23Cl3N2O5S. The molecule has 1 N–H and O–H groups in total. The Morgan fingerprint density at radius 3 is 2.52 bits per heavy atom. The first-order valence-electron chi connectivity index (χ1n) is 10.3. The molecule has 1 saturated heterocycles. The molecule has 1 amide bonds. The van der Waals surface area contributed by atoms with Gasteiger partial charge in [0.2, 0.25) is 15.9 Å². The summed E-state index contributed by atoms with van der Waals surface area (Å²) in [5.41, 5.74) is 1.13. The van der Waals surface area contributed by atoms with E-state index in [1.165, 1.54) is 28.6 Å². The van der Waals surface area contributed by atoms with Crippen LogP contribution in [-0.4, -0.2) is 44.3 Å². The Morgan fingerprint density at radius 1 is 1.09 bits per heavy atom. The number of nitrogens with one attached hydrogen (secondary N) is 1. The van der Waals surface area contributed by atoms with E-state index in [0.29, 0.717) is 35.7 Å². The Hall–Kier alpha value is -1.84. The molecule has 0 spiro atoms. The first-order chi connectivity index (χ1) is 15.6. The summed E-state index contributed by atoms with van der Waals surface area (Å²) >= 11 is 18.1. The number of esters is 1. The normalized spacial score (nSPS) is 16.9. The summed E-state index contributed by atoms with van der Waals surface area (Å²) < 4.78 is 32.1. The number of halogens is 3. The van der Waals surface area contributed by atoms with Gasteiger partial charge in [0.25, 0.3) is 0 Å². The lowest BCUT2D eigenvalue weighted by molar-refractivity contribution is -0.120. The van der Waals surface area contributed by atoms with Crippen LogP contribution in [0.5, 0.6) is 0 Å². The van der Waals surface area contributed by atoms with E-state index in [1.54, 1.807) is 19.1 Å². The van der Waals surface area contributed by atoms with E-state index in [4.69, 9.17) is 39.5 Å². The van der Waals surface area contributed by atoms with E-state index in [9.17, 15) is 18.0 Å². The van der Waals surface area contributed by atoms with Gasteiger partial charge in [-0.25, -0.2) is 17.5 Å². The number of hydrogen-bond donors (Lipinski definition) is 1. The number of amides is 1. The Kier molecular flexibility index (Phi) is 8.64. The van der Waals surface area contributed by atoms with Crippen LogP contribution in [0.2, 0.25) is 15.1 Å². The van der Waals surface area contributed by atoms with Crippen molar-refractivity contribution >= 4 is 62.4 Å². The fourth-order valence-electron chi connectivity index (χ4n) is 3.53. The van der Waals surface area contributed by atoms with Crippen molar-refractivity contribution in [1.29, 1.82) is 0 Å². The predicted octanol–water partition coefficient (Wildman–Crippen LogP) is 5.00. The molecule has 0 aliphatic carbocycles. The number of ether oxygens (including phenoxy) is 1. The minimum absolute atomic E-state index is 0.0635. The number of carbonyl (C=O) groups excluding carboxylic acids is 2. The van der Waals surface area contributed by atoms with Crippen LogP contribution in [0.4, 0.5) is 5.69 Å². The highest BCUT2D eigenvalue weighted by Crippen LogP contribution is 2.28. The lowest BCUT2D eigenvalue weighted by Gasteiger charge is -2.31. The molecule has 178 valence electrons. The van der Waals surface area contributed by atoms with E-state index < -0.39 is 21.9 Å². The van der Waals surface area contributed by atoms with Crippen molar-refractivity contribution in [3.05, 3.63) is 62.6 Å². The minimum Gasteiger partial charge on any atom is -0.462 e. The lowest BCUT2D eigenvalue weighted by atomic mass is 9.98. The smallest absolute Gasteiger partial charge is 0.338 e. The Morgan fingerprint density at radius 2 is 1.85 bits per heavy atom. The van der Waals surface area contributed by atoms with Gasteiger partial charge in [0.15, 0.2) is 0 Å². The van der Waals surface area contributed by atoms with Crippen LogP contribution in [0.3, 0.4) is 0 Å². The molecule has 1 fully saturated rings. The zero-order valence-corrected chi connectivity index (χ0v) is 20.9. The fourth-order valence-corrected chi connectivity index (χ4v) is 5.68. The van der Waals surface area contributed by atoms with Crippen LogP contribution >= 0.6 is 34.8 Å². The highest BCUT2D eigenvalue weighted by Gasteiger charge is 2.32. The van der Waals surface area contributed by atoms with E-state index in [1.807, 2.05) is 0 Å². The molecule has 0 aromatic heterocycles. The van der Waals surface area contributed by atoms with Gasteiger partial charge in [0, 0.05) is 13.1 Å². The van der Waals surface area contributed by atoms with Crippen LogP contribution in [0, 0.1) is 5.92 Å². The van der Waals surface area contributed by atoms with Gasteiger partial charge in [-0.05, 0) is 55.7 Å². The zero-order valence-electron chi connectivity index (χ0n) is 17.8. The molecule has 11 heteroatoms. The predicted molar refractivity (Wildman–Crippen MR) is 129 cm³/mol. The molecule has 33 heavy (non-hydrogen) atoms. The maximum Gasteiger partial charge on any atom is 0.338 e. The van der Waals surface area contributed by atoms with Crippen molar-refractivity contribution in [2.45, 2.75) is 25.5 Å². The summed E-state index contributed by atoms with van der Waals surface area (Å²) in [6, 6.07) is 9.14. The van der Waals surface area contributed by atoms with E-state index in [-0.39, 0.29) is 40.4 Å². The number of nitrogens with zero attached hydrogens (tertiary/aromatic N) is 1. The maximum atomic E-state index is 12.9. The molecule has 1 atom stereocenters. The van der Waals surface area contributed by atoms with Crippen LogP contribution < -0.4 is 5.32 Å². The number of carbonyl (C=O) groups is 2. The molecule has 7 nitrogen and oxygen atoms in total.